The third-order valence-electron chi connectivity index (χ3n) is 2.41. The van der Waals surface area contributed by atoms with Crippen LogP contribution in [-0.2, 0) is 0 Å². The number of halogens is 1. The zero-order chi connectivity index (χ0) is 14.7. The van der Waals surface area contributed by atoms with Crippen molar-refractivity contribution in [2.45, 2.75) is 0 Å². The standard InChI is InChI=1S/C12H8FN5O2/c13-8-1-2-10(7(3-8)6-14)16-12-5-9(18(19)20)4-11(15)17-12/h1-5H,(H3,15,16,17). The first-order chi connectivity index (χ1) is 9.49. The van der Waals surface area contributed by atoms with Gasteiger partial charge in [0.2, 0.25) is 0 Å². The minimum Gasteiger partial charge on any atom is -0.383 e. The van der Waals surface area contributed by atoms with Crippen molar-refractivity contribution >= 4 is 23.0 Å². The maximum Gasteiger partial charge on any atom is 0.276 e. The van der Waals surface area contributed by atoms with E-state index in [4.69, 9.17) is 11.0 Å². The van der Waals surface area contributed by atoms with Gasteiger partial charge >= 0.3 is 0 Å². The van der Waals surface area contributed by atoms with Gasteiger partial charge in [0.05, 0.1) is 28.3 Å². The molecule has 0 spiro atoms. The van der Waals surface area contributed by atoms with E-state index in [2.05, 4.69) is 10.3 Å². The van der Waals surface area contributed by atoms with Crippen molar-refractivity contribution in [3.8, 4) is 6.07 Å². The van der Waals surface area contributed by atoms with Gasteiger partial charge in [-0.3, -0.25) is 10.1 Å². The molecule has 0 aliphatic rings. The second-order valence-electron chi connectivity index (χ2n) is 3.82. The predicted octanol–water partition coefficient (Wildman–Crippen LogP) is 2.33. The third-order valence-corrected chi connectivity index (χ3v) is 2.41. The fraction of sp³-hybridized carbons (Fsp3) is 0. The van der Waals surface area contributed by atoms with Crippen LogP contribution in [0.4, 0.5) is 27.4 Å². The molecule has 0 unspecified atom stereocenters. The highest BCUT2D eigenvalue weighted by atomic mass is 19.1. The molecule has 2 aromatic rings. The lowest BCUT2D eigenvalue weighted by molar-refractivity contribution is -0.384. The van der Waals surface area contributed by atoms with Crippen molar-refractivity contribution in [1.29, 1.82) is 5.26 Å². The van der Waals surface area contributed by atoms with Crippen LogP contribution in [0.25, 0.3) is 0 Å². The summed E-state index contributed by atoms with van der Waals surface area (Å²) in [7, 11) is 0. The summed E-state index contributed by atoms with van der Waals surface area (Å²) in [6.45, 7) is 0. The topological polar surface area (TPSA) is 118 Å². The Morgan fingerprint density at radius 1 is 1.40 bits per heavy atom. The molecule has 0 saturated heterocycles. The van der Waals surface area contributed by atoms with Gasteiger partial charge in [0.25, 0.3) is 5.69 Å². The van der Waals surface area contributed by atoms with E-state index >= 15 is 0 Å². The lowest BCUT2D eigenvalue weighted by Gasteiger charge is -2.08. The summed E-state index contributed by atoms with van der Waals surface area (Å²) in [6, 6.07) is 7.63. The molecule has 2 rings (SSSR count). The number of nitrogens with one attached hydrogen (secondary N) is 1. The SMILES string of the molecule is N#Cc1cc(F)ccc1Nc1cc([N+](=O)[O-])cc(N)n1. The van der Waals surface area contributed by atoms with Crippen LogP contribution in [0.5, 0.6) is 0 Å². The van der Waals surface area contributed by atoms with Crippen molar-refractivity contribution in [3.05, 3.63) is 51.8 Å². The lowest BCUT2D eigenvalue weighted by Crippen LogP contribution is -2.01. The van der Waals surface area contributed by atoms with E-state index < -0.39 is 10.7 Å². The van der Waals surface area contributed by atoms with Gasteiger partial charge < -0.3 is 11.1 Å². The Kier molecular flexibility index (Phi) is 3.43. The van der Waals surface area contributed by atoms with Crippen LogP contribution in [0, 0.1) is 27.3 Å². The number of nitro groups is 1. The molecule has 100 valence electrons. The van der Waals surface area contributed by atoms with Crippen molar-refractivity contribution in [2.75, 3.05) is 11.1 Å². The zero-order valence-corrected chi connectivity index (χ0v) is 10.0. The highest BCUT2D eigenvalue weighted by Gasteiger charge is 2.11. The van der Waals surface area contributed by atoms with Gasteiger partial charge in [-0.25, -0.2) is 9.37 Å². The maximum atomic E-state index is 13.0. The minimum atomic E-state index is -0.612. The number of hydrogen-bond acceptors (Lipinski definition) is 6. The highest BCUT2D eigenvalue weighted by molar-refractivity contribution is 5.66. The van der Waals surface area contributed by atoms with Crippen molar-refractivity contribution in [1.82, 2.24) is 4.98 Å². The number of nitriles is 1. The first kappa shape index (κ1) is 13.2. The molecule has 7 nitrogen and oxygen atoms in total. The highest BCUT2D eigenvalue weighted by Crippen LogP contribution is 2.24. The van der Waals surface area contributed by atoms with Gasteiger partial charge in [0, 0.05) is 0 Å². The molecule has 20 heavy (non-hydrogen) atoms. The summed E-state index contributed by atoms with van der Waals surface area (Å²) in [5.41, 5.74) is 5.56. The molecule has 1 aromatic carbocycles. The normalized spacial score (nSPS) is 9.80. The Morgan fingerprint density at radius 2 is 2.15 bits per heavy atom. The number of benzene rings is 1. The van der Waals surface area contributed by atoms with Crippen molar-refractivity contribution < 1.29 is 9.31 Å². The Labute approximate surface area is 112 Å². The van der Waals surface area contributed by atoms with Gasteiger partial charge in [-0.2, -0.15) is 5.26 Å². The number of anilines is 3. The van der Waals surface area contributed by atoms with Crippen molar-refractivity contribution in [3.63, 3.8) is 0 Å². The summed E-state index contributed by atoms with van der Waals surface area (Å²) in [4.78, 5) is 14.0. The Balaban J connectivity index is 2.40. The number of aromatic nitrogens is 1. The first-order valence-electron chi connectivity index (χ1n) is 5.38. The second kappa shape index (κ2) is 5.19. The summed E-state index contributed by atoms with van der Waals surface area (Å²) < 4.78 is 13.0. The fourth-order valence-corrected chi connectivity index (χ4v) is 1.56. The fourth-order valence-electron chi connectivity index (χ4n) is 1.56. The first-order valence-corrected chi connectivity index (χ1v) is 5.38. The molecule has 0 bridgehead atoms. The number of pyridine rings is 1. The Bertz CT molecular complexity index is 726. The van der Waals surface area contributed by atoms with E-state index in [0.717, 1.165) is 18.2 Å². The summed E-state index contributed by atoms with van der Waals surface area (Å²) in [5, 5.41) is 22.3. The average molecular weight is 273 g/mol. The predicted molar refractivity (Wildman–Crippen MR) is 69.7 cm³/mol. The molecular formula is C12H8FN5O2. The molecule has 0 radical (unpaired) electrons. The number of hydrogen-bond donors (Lipinski definition) is 2. The molecule has 0 aliphatic heterocycles. The largest absolute Gasteiger partial charge is 0.383 e. The van der Waals surface area contributed by atoms with E-state index in [-0.39, 0.29) is 28.6 Å². The molecular weight excluding hydrogens is 265 g/mol. The van der Waals surface area contributed by atoms with Crippen LogP contribution in [0.1, 0.15) is 5.56 Å². The molecule has 3 N–H and O–H groups in total. The molecule has 0 saturated carbocycles. The average Bonchev–Trinajstić information content (AvgIpc) is 2.40. The maximum absolute atomic E-state index is 13.0. The van der Waals surface area contributed by atoms with E-state index in [1.807, 2.05) is 6.07 Å². The van der Waals surface area contributed by atoms with Gasteiger partial charge in [-0.05, 0) is 18.2 Å². The van der Waals surface area contributed by atoms with Crippen LogP contribution in [0.2, 0.25) is 0 Å². The molecule has 0 fully saturated rings. The monoisotopic (exact) mass is 273 g/mol. The quantitative estimate of drug-likeness (QED) is 0.654. The molecule has 8 heteroatoms. The molecule has 0 aliphatic carbocycles. The lowest BCUT2D eigenvalue weighted by atomic mass is 10.2. The number of nitrogens with zero attached hydrogens (tertiary/aromatic N) is 3. The van der Waals surface area contributed by atoms with Crippen molar-refractivity contribution in [2.24, 2.45) is 0 Å². The Hall–Kier alpha value is -3.21. The summed E-state index contributed by atoms with van der Waals surface area (Å²) >= 11 is 0. The summed E-state index contributed by atoms with van der Waals surface area (Å²) in [5.74, 6) is -0.499. The molecule has 0 atom stereocenters. The number of nitrogens with two attached hydrogens (primary N) is 1. The zero-order valence-electron chi connectivity index (χ0n) is 10.0. The smallest absolute Gasteiger partial charge is 0.276 e. The van der Waals surface area contributed by atoms with E-state index in [1.165, 1.54) is 12.1 Å². The molecule has 1 aromatic heterocycles. The third kappa shape index (κ3) is 2.78. The number of nitrogen functional groups attached to an aromatic ring is 1. The van der Waals surface area contributed by atoms with Gasteiger partial charge in [-0.1, -0.05) is 0 Å². The van der Waals surface area contributed by atoms with Crippen LogP contribution in [-0.4, -0.2) is 9.91 Å². The summed E-state index contributed by atoms with van der Waals surface area (Å²) in [6.07, 6.45) is 0. The van der Waals surface area contributed by atoms with E-state index in [0.29, 0.717) is 0 Å². The molecule has 1 heterocycles. The minimum absolute atomic E-state index is 0.0395. The van der Waals surface area contributed by atoms with Crippen LogP contribution in [0.3, 0.4) is 0 Å². The Morgan fingerprint density at radius 3 is 2.80 bits per heavy atom. The van der Waals surface area contributed by atoms with Crippen LogP contribution >= 0.6 is 0 Å². The van der Waals surface area contributed by atoms with E-state index in [1.54, 1.807) is 0 Å². The van der Waals surface area contributed by atoms with Crippen LogP contribution in [0.15, 0.2) is 30.3 Å². The second-order valence-corrected chi connectivity index (χ2v) is 3.82. The van der Waals surface area contributed by atoms with Gasteiger partial charge in [0.1, 0.15) is 23.5 Å². The van der Waals surface area contributed by atoms with Gasteiger partial charge in [-0.15, -0.1) is 0 Å². The van der Waals surface area contributed by atoms with E-state index in [9.17, 15) is 14.5 Å². The molecule has 0 amide bonds. The van der Waals surface area contributed by atoms with Gasteiger partial charge in [0.15, 0.2) is 0 Å². The van der Waals surface area contributed by atoms with Crippen LogP contribution < -0.4 is 11.1 Å². The number of rotatable bonds is 3.